The van der Waals surface area contributed by atoms with Crippen molar-refractivity contribution >= 4 is 0 Å². The van der Waals surface area contributed by atoms with Crippen molar-refractivity contribution in [1.29, 1.82) is 0 Å². The molecule has 9 aliphatic rings. The molecule has 5 aliphatic heterocycles. The smallest absolute Gasteiger partial charge is 0.187 e. The van der Waals surface area contributed by atoms with Gasteiger partial charge in [-0.15, -0.1) is 0 Å². The summed E-state index contributed by atoms with van der Waals surface area (Å²) in [5.41, 5.74) is -0.584. The predicted octanol–water partition coefficient (Wildman–Crippen LogP) is -0.0333. The summed E-state index contributed by atoms with van der Waals surface area (Å²) in [4.78, 5) is 0. The third-order valence-electron chi connectivity index (χ3n) is 18.7. The lowest BCUT2D eigenvalue weighted by atomic mass is 9.35. The van der Waals surface area contributed by atoms with Crippen LogP contribution in [0.2, 0.25) is 0 Å². The topological polar surface area (TPSA) is 276 Å². The van der Waals surface area contributed by atoms with Gasteiger partial charge in [-0.3, -0.25) is 0 Å². The summed E-state index contributed by atoms with van der Waals surface area (Å²) in [7, 11) is 0. The number of ether oxygens (including phenoxy) is 8. The predicted molar refractivity (Wildman–Crippen MR) is 225 cm³/mol. The van der Waals surface area contributed by atoms with Crippen LogP contribution >= 0.6 is 0 Å². The standard InChI is InChI=1S/C47H76O18/c1-21(2)14-22-15-45(7,57)38-23-8-9-28-43(5)12-11-29(42(3,4)27(43)10-13-44(28,6)46(23)19-47(38,65-22)59-20-46)62-41-37(64-40-35(56)33(54)31(52)26(17-49)61-40)36(24(50)18-58-41)63-39-34(55)32(53)30(51)25(16-48)60-39/h14,22-41,48-57H,8-13,15-20H2,1-7H3/t22-,23+,24-,25+,26+,27-,28+,29-,30+,31+,32-,33-,34+,35+,36-,37+,38-,39-,40-,41-,43-,44+,45-,46-,47-/m0/s1. The number of fused-ring (bicyclic) bond motifs is 4. The summed E-state index contributed by atoms with van der Waals surface area (Å²) in [6.45, 7) is 14.3. The molecule has 0 aromatic heterocycles. The fraction of sp³-hybridized carbons (Fsp3) is 0.957. The van der Waals surface area contributed by atoms with E-state index in [-0.39, 0.29) is 46.7 Å². The molecule has 2 bridgehead atoms. The minimum Gasteiger partial charge on any atom is -0.394 e. The minimum atomic E-state index is -1.83. The van der Waals surface area contributed by atoms with Crippen LogP contribution < -0.4 is 0 Å². The van der Waals surface area contributed by atoms with Crippen LogP contribution in [-0.4, -0.2) is 187 Å². The maximum atomic E-state index is 12.2. The van der Waals surface area contributed by atoms with Crippen LogP contribution in [0, 0.1) is 45.3 Å². The molecule has 372 valence electrons. The van der Waals surface area contributed by atoms with Crippen LogP contribution in [-0.2, 0) is 37.9 Å². The van der Waals surface area contributed by atoms with E-state index in [1.807, 2.05) is 6.92 Å². The molecule has 5 saturated heterocycles. The molecule has 2 spiro atoms. The second-order valence-corrected chi connectivity index (χ2v) is 23.0. The van der Waals surface area contributed by atoms with Crippen molar-refractivity contribution < 1.29 is 89.0 Å². The molecule has 0 aromatic rings. The molecule has 5 heterocycles. The molecule has 4 saturated carbocycles. The number of aliphatic hydroxyl groups excluding tert-OH is 9. The minimum absolute atomic E-state index is 0.0842. The maximum Gasteiger partial charge on any atom is 0.187 e. The van der Waals surface area contributed by atoms with Crippen LogP contribution in [0.15, 0.2) is 11.6 Å². The van der Waals surface area contributed by atoms with Crippen molar-refractivity contribution in [2.24, 2.45) is 45.3 Å². The van der Waals surface area contributed by atoms with E-state index in [1.165, 1.54) is 0 Å². The van der Waals surface area contributed by atoms with Gasteiger partial charge in [-0.25, -0.2) is 0 Å². The summed E-state index contributed by atoms with van der Waals surface area (Å²) in [6.07, 6.45) is -14.3. The highest BCUT2D eigenvalue weighted by atomic mass is 16.8. The van der Waals surface area contributed by atoms with Gasteiger partial charge >= 0.3 is 0 Å². The first kappa shape index (κ1) is 49.0. The van der Waals surface area contributed by atoms with E-state index in [0.717, 1.165) is 44.1 Å². The van der Waals surface area contributed by atoms with E-state index in [2.05, 4.69) is 47.6 Å². The number of aliphatic hydroxyl groups is 10. The summed E-state index contributed by atoms with van der Waals surface area (Å²) in [5, 5.41) is 108. The number of rotatable bonds is 9. The molecular formula is C47H76O18. The van der Waals surface area contributed by atoms with Crippen LogP contribution in [0.4, 0.5) is 0 Å². The first-order valence-electron chi connectivity index (χ1n) is 24.0. The van der Waals surface area contributed by atoms with Gasteiger partial charge in [0, 0.05) is 24.2 Å². The number of allylic oxidation sites excluding steroid dienone is 1. The second-order valence-electron chi connectivity index (χ2n) is 23.0. The monoisotopic (exact) mass is 929 g/mol. The molecule has 0 aromatic carbocycles. The van der Waals surface area contributed by atoms with Crippen LogP contribution in [0.1, 0.15) is 99.8 Å². The van der Waals surface area contributed by atoms with Crippen molar-refractivity contribution in [2.45, 2.75) is 209 Å². The highest BCUT2D eigenvalue weighted by Gasteiger charge is 2.81. The van der Waals surface area contributed by atoms with Gasteiger partial charge in [-0.1, -0.05) is 39.3 Å². The van der Waals surface area contributed by atoms with Crippen molar-refractivity contribution in [3.63, 3.8) is 0 Å². The molecular weight excluding hydrogens is 852 g/mol. The molecule has 10 N–H and O–H groups in total. The lowest BCUT2D eigenvalue weighted by molar-refractivity contribution is -0.389. The molecule has 0 unspecified atom stereocenters. The zero-order chi connectivity index (χ0) is 47.0. The summed E-state index contributed by atoms with van der Waals surface area (Å²) >= 11 is 0. The van der Waals surface area contributed by atoms with Gasteiger partial charge in [0.2, 0.25) is 0 Å². The van der Waals surface area contributed by atoms with Crippen molar-refractivity contribution in [2.75, 3.05) is 26.4 Å². The van der Waals surface area contributed by atoms with Crippen molar-refractivity contribution in [1.82, 2.24) is 0 Å². The molecule has 18 heteroatoms. The van der Waals surface area contributed by atoms with Gasteiger partial charge in [0.25, 0.3) is 0 Å². The average Bonchev–Trinajstić information content (AvgIpc) is 3.76. The SMILES string of the molecule is CC(C)=C[C@H]1C[C@](C)(O)[C@@H]2[C@H]3CC[C@@H]4[C@@]5(C)CC[C@H](O[C@@H]6OC[C@H](O)[C@H](O[C@@H]7O[C@H](CO)[C@@H](O)[C@H](O)[C@H]7O)[C@H]6O[C@@H]6O[C@H](CO)[C@@H](O)[C@H](O)[C@H]6O)C(C)(C)[C@@H]5CC[C@@]4(C)[C@@]34CO[C@@]2(C4)O1. The summed E-state index contributed by atoms with van der Waals surface area (Å²) in [5.74, 6) is -0.125. The normalized spacial score (nSPS) is 57.1. The van der Waals surface area contributed by atoms with Gasteiger partial charge < -0.3 is 89.0 Å². The molecule has 4 aliphatic carbocycles. The lowest BCUT2D eigenvalue weighted by Crippen LogP contribution is -2.68. The van der Waals surface area contributed by atoms with Crippen LogP contribution in [0.3, 0.4) is 0 Å². The Morgan fingerprint density at radius 3 is 1.91 bits per heavy atom. The Morgan fingerprint density at radius 2 is 1.31 bits per heavy atom. The molecule has 65 heavy (non-hydrogen) atoms. The highest BCUT2D eigenvalue weighted by molar-refractivity contribution is 5.26. The maximum absolute atomic E-state index is 12.2. The first-order valence-corrected chi connectivity index (χ1v) is 24.0. The van der Waals surface area contributed by atoms with E-state index in [1.54, 1.807) is 0 Å². The molecule has 9 fully saturated rings. The Hall–Kier alpha value is -0.980. The summed E-state index contributed by atoms with van der Waals surface area (Å²) < 4.78 is 50.8. The third-order valence-corrected chi connectivity index (χ3v) is 18.7. The van der Waals surface area contributed by atoms with Crippen LogP contribution in [0.5, 0.6) is 0 Å². The Bertz CT molecular complexity index is 1760. The lowest BCUT2D eigenvalue weighted by Gasteiger charge is -2.70. The Kier molecular flexibility index (Phi) is 12.9. The van der Waals surface area contributed by atoms with Crippen molar-refractivity contribution in [3.05, 3.63) is 11.6 Å². The zero-order valence-corrected chi connectivity index (χ0v) is 38.8. The van der Waals surface area contributed by atoms with E-state index in [9.17, 15) is 51.1 Å². The largest absolute Gasteiger partial charge is 0.394 e. The summed E-state index contributed by atoms with van der Waals surface area (Å²) in [6, 6.07) is 0. The fourth-order valence-electron chi connectivity index (χ4n) is 15.8. The molecule has 25 atom stereocenters. The highest BCUT2D eigenvalue weighted by Crippen LogP contribution is 2.80. The Labute approximate surface area is 381 Å². The van der Waals surface area contributed by atoms with E-state index in [0.29, 0.717) is 25.4 Å². The van der Waals surface area contributed by atoms with Gasteiger partial charge in [-0.05, 0) is 93.3 Å². The average molecular weight is 929 g/mol. The van der Waals surface area contributed by atoms with E-state index >= 15 is 0 Å². The second kappa shape index (κ2) is 17.1. The molecule has 9 rings (SSSR count). The Morgan fingerprint density at radius 1 is 0.692 bits per heavy atom. The van der Waals surface area contributed by atoms with Crippen LogP contribution in [0.25, 0.3) is 0 Å². The van der Waals surface area contributed by atoms with Crippen molar-refractivity contribution in [3.8, 4) is 0 Å². The molecule has 0 amide bonds. The fourth-order valence-corrected chi connectivity index (χ4v) is 15.8. The zero-order valence-electron chi connectivity index (χ0n) is 38.8. The van der Waals surface area contributed by atoms with E-state index in [4.69, 9.17) is 37.9 Å². The molecule has 18 nitrogen and oxygen atoms in total. The van der Waals surface area contributed by atoms with E-state index < -0.39 is 122 Å². The molecule has 0 radical (unpaired) electrons. The third kappa shape index (κ3) is 7.49. The number of hydrogen-bond donors (Lipinski definition) is 10. The quantitative estimate of drug-likeness (QED) is 0.107. The Balaban J connectivity index is 0.978. The van der Waals surface area contributed by atoms with Gasteiger partial charge in [0.15, 0.2) is 24.7 Å². The number of hydrogen-bond acceptors (Lipinski definition) is 18. The van der Waals surface area contributed by atoms with Gasteiger partial charge in [0.1, 0.15) is 67.1 Å². The van der Waals surface area contributed by atoms with Gasteiger partial charge in [-0.2, -0.15) is 0 Å². The first-order chi connectivity index (χ1) is 30.5. The van der Waals surface area contributed by atoms with Gasteiger partial charge in [0.05, 0.1) is 44.2 Å².